The quantitative estimate of drug-likeness (QED) is 0.748. The van der Waals surface area contributed by atoms with E-state index in [0.717, 1.165) is 23.3 Å². The molecule has 1 N–H and O–H groups in total. The van der Waals surface area contributed by atoms with Crippen molar-refractivity contribution in [3.05, 3.63) is 29.8 Å². The summed E-state index contributed by atoms with van der Waals surface area (Å²) < 4.78 is 1.75. The smallest absolute Gasteiger partial charge is 0.220 e. The zero-order chi connectivity index (χ0) is 14.2. The predicted octanol–water partition coefficient (Wildman–Crippen LogP) is 0.939. The van der Waals surface area contributed by atoms with Crippen molar-refractivity contribution in [3.8, 4) is 11.4 Å². The van der Waals surface area contributed by atoms with E-state index in [1.54, 1.807) is 4.68 Å². The van der Waals surface area contributed by atoms with E-state index < -0.39 is 0 Å². The fourth-order valence-corrected chi connectivity index (χ4v) is 2.44. The summed E-state index contributed by atoms with van der Waals surface area (Å²) in [4.78, 5) is 4.35. The second kappa shape index (κ2) is 4.54. The maximum atomic E-state index is 4.35. The minimum Gasteiger partial charge on any atom is -0.220 e. The lowest BCUT2D eigenvalue weighted by molar-refractivity contribution is 0.514. The van der Waals surface area contributed by atoms with E-state index in [9.17, 15) is 0 Å². The summed E-state index contributed by atoms with van der Waals surface area (Å²) in [5, 5.41) is 25.6. The number of hydrogen-bond acceptors (Lipinski definition) is 7. The van der Waals surface area contributed by atoms with Crippen molar-refractivity contribution in [1.29, 1.82) is 0 Å². The Hall–Kier alpha value is -2.97. The van der Waals surface area contributed by atoms with Crippen molar-refractivity contribution in [1.82, 2.24) is 40.8 Å². The average molecular weight is 281 g/mol. The summed E-state index contributed by atoms with van der Waals surface area (Å²) >= 11 is 0. The van der Waals surface area contributed by atoms with Gasteiger partial charge in [-0.15, -0.1) is 10.2 Å². The summed E-state index contributed by atoms with van der Waals surface area (Å²) in [5.41, 5.74) is 3.04. The van der Waals surface area contributed by atoms with Crippen molar-refractivity contribution in [2.24, 2.45) is 4.99 Å². The molecule has 2 aromatic heterocycles. The molecule has 4 rings (SSSR count). The van der Waals surface area contributed by atoms with Crippen molar-refractivity contribution < 1.29 is 0 Å². The van der Waals surface area contributed by atoms with Gasteiger partial charge < -0.3 is 0 Å². The van der Waals surface area contributed by atoms with Gasteiger partial charge in [0.05, 0.1) is 6.04 Å². The van der Waals surface area contributed by atoms with Crippen LogP contribution in [0.15, 0.2) is 29.3 Å². The van der Waals surface area contributed by atoms with Crippen molar-refractivity contribution in [3.63, 3.8) is 0 Å². The van der Waals surface area contributed by atoms with Crippen LogP contribution >= 0.6 is 0 Å². The number of tetrazole rings is 2. The van der Waals surface area contributed by atoms with Gasteiger partial charge in [0.1, 0.15) is 0 Å². The molecule has 0 saturated heterocycles. The van der Waals surface area contributed by atoms with Crippen LogP contribution < -0.4 is 0 Å². The number of fused-ring (bicyclic) bond motifs is 1. The van der Waals surface area contributed by atoms with Crippen LogP contribution in [0.1, 0.15) is 24.9 Å². The molecule has 0 saturated carbocycles. The first kappa shape index (κ1) is 11.8. The normalized spacial score (nSPS) is 17.4. The Morgan fingerprint density at radius 3 is 2.81 bits per heavy atom. The zero-order valence-corrected chi connectivity index (χ0v) is 11.2. The number of hydrogen-bond donors (Lipinski definition) is 1. The Balaban J connectivity index is 1.70. The molecule has 3 heterocycles. The third-order valence-electron chi connectivity index (χ3n) is 3.45. The minimum atomic E-state index is 0.0619. The van der Waals surface area contributed by atoms with Crippen molar-refractivity contribution in [2.45, 2.75) is 19.4 Å². The van der Waals surface area contributed by atoms with Crippen LogP contribution in [0.2, 0.25) is 0 Å². The van der Waals surface area contributed by atoms with Gasteiger partial charge in [0.25, 0.3) is 5.95 Å². The molecule has 9 heteroatoms. The lowest BCUT2D eigenvalue weighted by Crippen LogP contribution is -2.19. The van der Waals surface area contributed by atoms with Gasteiger partial charge in [0.15, 0.2) is 0 Å². The zero-order valence-electron chi connectivity index (χ0n) is 11.2. The molecule has 0 aliphatic carbocycles. The summed E-state index contributed by atoms with van der Waals surface area (Å²) in [6.45, 7) is 1.98. The second-order valence-electron chi connectivity index (χ2n) is 4.85. The number of rotatable bonds is 2. The Labute approximate surface area is 119 Å². The molecule has 3 aromatic rings. The van der Waals surface area contributed by atoms with E-state index in [1.807, 2.05) is 31.2 Å². The van der Waals surface area contributed by atoms with Gasteiger partial charge in [-0.3, -0.25) is 0 Å². The highest BCUT2D eigenvalue weighted by Crippen LogP contribution is 2.30. The standard InChI is InChI=1S/C12H11N9/c1-7-6-10(21-12(13-7)16-19-20-21)8-2-4-9(5-3-8)11-14-17-18-15-11/h2-5,10H,6H2,1H3,(H,14,15,17,18). The molecule has 1 aliphatic rings. The van der Waals surface area contributed by atoms with Crippen LogP contribution in [0.4, 0.5) is 5.95 Å². The first-order chi connectivity index (χ1) is 10.3. The summed E-state index contributed by atoms with van der Waals surface area (Å²) in [6, 6.07) is 8.05. The number of nitrogens with one attached hydrogen (secondary N) is 1. The number of aromatic nitrogens is 8. The van der Waals surface area contributed by atoms with Crippen LogP contribution in [0.25, 0.3) is 11.4 Å². The fourth-order valence-electron chi connectivity index (χ4n) is 2.44. The molecule has 1 atom stereocenters. The van der Waals surface area contributed by atoms with Gasteiger partial charge in [0.2, 0.25) is 5.82 Å². The lowest BCUT2D eigenvalue weighted by Gasteiger charge is -2.21. The highest BCUT2D eigenvalue weighted by atomic mass is 15.6. The lowest BCUT2D eigenvalue weighted by atomic mass is 9.99. The Bertz CT molecular complexity index is 785. The van der Waals surface area contributed by atoms with Gasteiger partial charge in [-0.25, -0.2) is 9.67 Å². The summed E-state index contributed by atoms with van der Waals surface area (Å²) in [5.74, 6) is 1.12. The third kappa shape index (κ3) is 1.98. The molecular weight excluding hydrogens is 270 g/mol. The van der Waals surface area contributed by atoms with Crippen molar-refractivity contribution in [2.75, 3.05) is 0 Å². The number of H-pyrrole nitrogens is 1. The third-order valence-corrected chi connectivity index (χ3v) is 3.45. The van der Waals surface area contributed by atoms with E-state index in [4.69, 9.17) is 0 Å². The maximum absolute atomic E-state index is 4.35. The van der Waals surface area contributed by atoms with Crippen LogP contribution in [-0.4, -0.2) is 46.5 Å². The van der Waals surface area contributed by atoms with Gasteiger partial charge in [-0.05, 0) is 28.1 Å². The molecule has 1 aliphatic heterocycles. The van der Waals surface area contributed by atoms with E-state index in [2.05, 4.69) is 41.1 Å². The Kier molecular flexibility index (Phi) is 2.56. The molecule has 0 amide bonds. The van der Waals surface area contributed by atoms with Crippen LogP contribution in [0, 0.1) is 0 Å². The molecule has 9 nitrogen and oxygen atoms in total. The monoisotopic (exact) mass is 281 g/mol. The molecule has 1 aromatic carbocycles. The first-order valence-corrected chi connectivity index (χ1v) is 6.47. The van der Waals surface area contributed by atoms with Gasteiger partial charge in [-0.1, -0.05) is 29.4 Å². The second-order valence-corrected chi connectivity index (χ2v) is 4.85. The summed E-state index contributed by atoms with van der Waals surface area (Å²) in [6.07, 6.45) is 0.791. The minimum absolute atomic E-state index is 0.0619. The highest BCUT2D eigenvalue weighted by molar-refractivity contribution is 5.85. The Morgan fingerprint density at radius 2 is 2.05 bits per heavy atom. The van der Waals surface area contributed by atoms with E-state index in [-0.39, 0.29) is 6.04 Å². The van der Waals surface area contributed by atoms with Gasteiger partial charge >= 0.3 is 0 Å². The first-order valence-electron chi connectivity index (χ1n) is 6.47. The van der Waals surface area contributed by atoms with E-state index in [0.29, 0.717) is 11.8 Å². The number of benzene rings is 1. The predicted molar refractivity (Wildman–Crippen MR) is 73.0 cm³/mol. The largest absolute Gasteiger partial charge is 0.269 e. The van der Waals surface area contributed by atoms with Crippen LogP contribution in [0.5, 0.6) is 0 Å². The number of nitrogens with zero attached hydrogens (tertiary/aromatic N) is 8. The average Bonchev–Trinajstić information content (AvgIpc) is 3.17. The Morgan fingerprint density at radius 1 is 1.19 bits per heavy atom. The number of aromatic amines is 1. The topological polar surface area (TPSA) is 110 Å². The van der Waals surface area contributed by atoms with Crippen LogP contribution in [-0.2, 0) is 0 Å². The number of aliphatic imine (C=N–C) groups is 1. The molecule has 104 valence electrons. The van der Waals surface area contributed by atoms with Crippen molar-refractivity contribution >= 4 is 11.7 Å². The fraction of sp³-hybridized carbons (Fsp3) is 0.250. The van der Waals surface area contributed by atoms with Crippen LogP contribution in [0.3, 0.4) is 0 Å². The van der Waals surface area contributed by atoms with E-state index >= 15 is 0 Å². The molecule has 0 bridgehead atoms. The molecule has 0 fully saturated rings. The molecule has 0 spiro atoms. The highest BCUT2D eigenvalue weighted by Gasteiger charge is 2.24. The maximum Gasteiger partial charge on any atom is 0.269 e. The van der Waals surface area contributed by atoms with Gasteiger partial charge in [0, 0.05) is 17.7 Å². The molecule has 1 unspecified atom stereocenters. The SMILES string of the molecule is CC1=Nc2nnnn2C(c2ccc(-c3nn[nH]n3)cc2)C1. The molecular formula is C12H11N9. The van der Waals surface area contributed by atoms with Gasteiger partial charge in [-0.2, -0.15) is 5.21 Å². The molecule has 21 heavy (non-hydrogen) atoms. The van der Waals surface area contributed by atoms with E-state index in [1.165, 1.54) is 0 Å². The summed E-state index contributed by atoms with van der Waals surface area (Å²) in [7, 11) is 0. The molecule has 0 radical (unpaired) electrons.